The van der Waals surface area contributed by atoms with E-state index in [4.69, 9.17) is 4.74 Å². The number of carboxylic acid groups (broad SMARTS) is 1. The zero-order valence-corrected chi connectivity index (χ0v) is 15.5. The molecule has 3 rings (SSSR count). The van der Waals surface area contributed by atoms with E-state index in [0.717, 1.165) is 31.3 Å². The molecule has 0 radical (unpaired) electrons. The summed E-state index contributed by atoms with van der Waals surface area (Å²) in [4.78, 5) is 23.2. The number of fused-ring (bicyclic) bond motifs is 1. The average molecular weight is 350 g/mol. The van der Waals surface area contributed by atoms with Crippen molar-refractivity contribution >= 4 is 11.9 Å². The third kappa shape index (κ3) is 2.90. The Balaban J connectivity index is 1.88. The van der Waals surface area contributed by atoms with E-state index < -0.39 is 23.4 Å². The second-order valence-electron chi connectivity index (χ2n) is 8.81. The van der Waals surface area contributed by atoms with Crippen molar-refractivity contribution < 1.29 is 24.5 Å². The number of esters is 1. The largest absolute Gasteiger partial charge is 0.481 e. The Labute approximate surface area is 149 Å². The van der Waals surface area contributed by atoms with Gasteiger partial charge in [0.15, 0.2) is 0 Å². The second kappa shape index (κ2) is 6.42. The van der Waals surface area contributed by atoms with Gasteiger partial charge in [0.25, 0.3) is 0 Å². The van der Waals surface area contributed by atoms with Gasteiger partial charge >= 0.3 is 11.9 Å². The van der Waals surface area contributed by atoms with Gasteiger partial charge in [-0.15, -0.1) is 0 Å². The molecule has 5 nitrogen and oxygen atoms in total. The highest BCUT2D eigenvalue weighted by molar-refractivity contribution is 5.85. The van der Waals surface area contributed by atoms with E-state index in [1.165, 1.54) is 0 Å². The topological polar surface area (TPSA) is 83.8 Å². The molecule has 1 heterocycles. The lowest BCUT2D eigenvalue weighted by Crippen LogP contribution is -2.60. The third-order valence-electron chi connectivity index (χ3n) is 7.71. The fraction of sp³-hybridized carbons (Fsp3) is 0.800. The molecule has 6 atom stereocenters. The molecule has 0 amide bonds. The second-order valence-corrected chi connectivity index (χ2v) is 8.81. The molecule has 0 saturated heterocycles. The molecular formula is C20H30O5. The number of aliphatic hydroxyl groups excluding tert-OH is 1. The van der Waals surface area contributed by atoms with E-state index in [1.54, 1.807) is 6.08 Å². The fourth-order valence-electron chi connectivity index (χ4n) is 5.90. The van der Waals surface area contributed by atoms with Crippen LogP contribution in [0.5, 0.6) is 0 Å². The normalized spacial score (nSPS) is 44.0. The Hall–Kier alpha value is -1.36. The van der Waals surface area contributed by atoms with Gasteiger partial charge < -0.3 is 14.9 Å². The summed E-state index contributed by atoms with van der Waals surface area (Å²) >= 11 is 0. The van der Waals surface area contributed by atoms with Crippen molar-refractivity contribution in [2.24, 2.45) is 28.6 Å². The van der Waals surface area contributed by atoms with E-state index in [1.807, 2.05) is 6.92 Å². The van der Waals surface area contributed by atoms with Gasteiger partial charge in [-0.2, -0.15) is 0 Å². The van der Waals surface area contributed by atoms with Gasteiger partial charge in [0.1, 0.15) is 6.61 Å². The van der Waals surface area contributed by atoms with Crippen LogP contribution in [0.1, 0.15) is 59.3 Å². The number of hydrogen-bond donors (Lipinski definition) is 2. The Bertz CT molecular complexity index is 597. The van der Waals surface area contributed by atoms with Crippen LogP contribution in [0.15, 0.2) is 11.6 Å². The van der Waals surface area contributed by atoms with Crippen molar-refractivity contribution in [3.63, 3.8) is 0 Å². The summed E-state index contributed by atoms with van der Waals surface area (Å²) < 4.78 is 5.01. The summed E-state index contributed by atoms with van der Waals surface area (Å²) in [6.07, 6.45) is 5.87. The van der Waals surface area contributed by atoms with Gasteiger partial charge in [-0.3, -0.25) is 4.79 Å². The summed E-state index contributed by atoms with van der Waals surface area (Å²) in [6, 6.07) is 0. The Morgan fingerprint density at radius 1 is 1.36 bits per heavy atom. The van der Waals surface area contributed by atoms with Crippen molar-refractivity contribution in [1.82, 2.24) is 0 Å². The number of carboxylic acids is 1. The maximum absolute atomic E-state index is 11.9. The average Bonchev–Trinajstić information content (AvgIpc) is 2.96. The smallest absolute Gasteiger partial charge is 0.331 e. The van der Waals surface area contributed by atoms with E-state index in [9.17, 15) is 19.8 Å². The summed E-state index contributed by atoms with van der Waals surface area (Å²) in [7, 11) is 0. The van der Waals surface area contributed by atoms with Crippen LogP contribution in [0, 0.1) is 28.6 Å². The monoisotopic (exact) mass is 350 g/mol. The molecule has 2 aliphatic carbocycles. The number of carbonyl (C=O) groups excluding carboxylic acids is 1. The molecule has 2 N–H and O–H groups in total. The minimum atomic E-state index is -0.777. The maximum Gasteiger partial charge on any atom is 0.331 e. The molecule has 0 aromatic rings. The van der Waals surface area contributed by atoms with Crippen LogP contribution in [0.2, 0.25) is 0 Å². The maximum atomic E-state index is 11.9. The summed E-state index contributed by atoms with van der Waals surface area (Å²) in [5, 5.41) is 20.6. The molecule has 3 aliphatic rings. The Morgan fingerprint density at radius 2 is 2.08 bits per heavy atom. The van der Waals surface area contributed by atoms with E-state index in [-0.39, 0.29) is 17.3 Å². The molecule has 1 aliphatic heterocycles. The molecule has 0 aromatic carbocycles. The van der Waals surface area contributed by atoms with Crippen LogP contribution >= 0.6 is 0 Å². The molecule has 2 fully saturated rings. The van der Waals surface area contributed by atoms with Crippen molar-refractivity contribution in [1.29, 1.82) is 0 Å². The number of aliphatic carboxylic acids is 1. The molecule has 140 valence electrons. The lowest BCUT2D eigenvalue weighted by molar-refractivity contribution is -0.194. The SMILES string of the molecule is C[C@@H]1C[C@H](O)[C@]2(C)[C@H](CCC[C@H]2C(=O)O)[C@@]1(C)CCC1=CC(=O)OC1. The molecule has 0 bridgehead atoms. The highest BCUT2D eigenvalue weighted by Gasteiger charge is 2.61. The number of hydrogen-bond acceptors (Lipinski definition) is 4. The van der Waals surface area contributed by atoms with Crippen molar-refractivity contribution in [2.75, 3.05) is 6.61 Å². The standard InChI is InChI=1S/C20H30O5/c1-12-9-16(21)20(3)14(18(23)24)5-4-6-15(20)19(12,2)8-7-13-10-17(22)25-11-13/h10,12,14-16,21H,4-9,11H2,1-3H3,(H,23,24)/t12-,14+,15-,16+,19+,20+/m1/s1. The van der Waals surface area contributed by atoms with E-state index in [2.05, 4.69) is 13.8 Å². The number of aliphatic hydroxyl groups is 1. The molecule has 0 aromatic heterocycles. The first-order valence-corrected chi connectivity index (χ1v) is 9.46. The molecule has 25 heavy (non-hydrogen) atoms. The minimum Gasteiger partial charge on any atom is -0.481 e. The molecule has 0 unspecified atom stereocenters. The molecular weight excluding hydrogens is 320 g/mol. The summed E-state index contributed by atoms with van der Waals surface area (Å²) in [5.41, 5.74) is 0.396. The van der Waals surface area contributed by atoms with Crippen molar-refractivity contribution in [3.8, 4) is 0 Å². The predicted molar refractivity (Wildman–Crippen MR) is 92.7 cm³/mol. The lowest BCUT2D eigenvalue weighted by Gasteiger charge is -2.61. The van der Waals surface area contributed by atoms with E-state index >= 15 is 0 Å². The van der Waals surface area contributed by atoms with Gasteiger partial charge in [-0.1, -0.05) is 27.2 Å². The first kappa shape index (κ1) is 18.4. The van der Waals surface area contributed by atoms with Crippen LogP contribution in [0.3, 0.4) is 0 Å². The Kier molecular flexibility index (Phi) is 4.73. The number of carbonyl (C=O) groups is 2. The van der Waals surface area contributed by atoms with Crippen LogP contribution in [0.25, 0.3) is 0 Å². The molecule has 0 spiro atoms. The zero-order chi connectivity index (χ0) is 18.4. The van der Waals surface area contributed by atoms with E-state index in [0.29, 0.717) is 25.4 Å². The van der Waals surface area contributed by atoms with Crippen LogP contribution in [-0.2, 0) is 14.3 Å². The quantitative estimate of drug-likeness (QED) is 0.761. The van der Waals surface area contributed by atoms with Crippen molar-refractivity contribution in [2.45, 2.75) is 65.4 Å². The van der Waals surface area contributed by atoms with Crippen molar-refractivity contribution in [3.05, 3.63) is 11.6 Å². The highest BCUT2D eigenvalue weighted by Crippen LogP contribution is 2.63. The van der Waals surface area contributed by atoms with Gasteiger partial charge in [-0.05, 0) is 54.9 Å². The zero-order valence-electron chi connectivity index (χ0n) is 15.5. The van der Waals surface area contributed by atoms with Crippen LogP contribution in [-0.4, -0.2) is 34.9 Å². The first-order valence-electron chi connectivity index (χ1n) is 9.46. The number of cyclic esters (lactones) is 1. The Morgan fingerprint density at radius 3 is 2.68 bits per heavy atom. The van der Waals surface area contributed by atoms with Gasteiger partial charge in [0.05, 0.1) is 12.0 Å². The van der Waals surface area contributed by atoms with Gasteiger partial charge in [-0.25, -0.2) is 4.79 Å². The summed E-state index contributed by atoms with van der Waals surface area (Å²) in [6.45, 7) is 6.81. The highest BCUT2D eigenvalue weighted by atomic mass is 16.5. The molecule has 2 saturated carbocycles. The number of rotatable bonds is 4. The first-order chi connectivity index (χ1) is 11.7. The molecule has 5 heteroatoms. The third-order valence-corrected chi connectivity index (χ3v) is 7.71. The number of ether oxygens (including phenoxy) is 1. The lowest BCUT2D eigenvalue weighted by atomic mass is 9.43. The van der Waals surface area contributed by atoms with Crippen LogP contribution in [0.4, 0.5) is 0 Å². The summed E-state index contributed by atoms with van der Waals surface area (Å²) in [5.74, 6) is -1.04. The van der Waals surface area contributed by atoms with Crippen LogP contribution < -0.4 is 0 Å². The predicted octanol–water partition coefficient (Wildman–Crippen LogP) is 3.16. The fourth-order valence-corrected chi connectivity index (χ4v) is 5.90. The van der Waals surface area contributed by atoms with Gasteiger partial charge in [0, 0.05) is 11.5 Å². The minimum absolute atomic E-state index is 0.0470. The van der Waals surface area contributed by atoms with Gasteiger partial charge in [0.2, 0.25) is 0 Å².